The maximum Gasteiger partial charge on any atom is 0.321 e. The van der Waals surface area contributed by atoms with Crippen LogP contribution >= 0.6 is 0 Å². The lowest BCUT2D eigenvalue weighted by Gasteiger charge is -2.15. The van der Waals surface area contributed by atoms with E-state index in [1.54, 1.807) is 12.1 Å². The molecule has 0 fully saturated rings. The van der Waals surface area contributed by atoms with Crippen LogP contribution in [-0.2, 0) is 19.6 Å². The van der Waals surface area contributed by atoms with Crippen molar-refractivity contribution in [3.05, 3.63) is 89.5 Å². The second kappa shape index (κ2) is 7.22. The highest BCUT2D eigenvalue weighted by Gasteiger charge is 2.31. The molecule has 4 rings (SSSR count). The van der Waals surface area contributed by atoms with Gasteiger partial charge in [-0.25, -0.2) is 8.42 Å². The number of aryl methyl sites for hydroxylation is 1. The molecule has 0 aromatic heterocycles. The van der Waals surface area contributed by atoms with Crippen molar-refractivity contribution in [2.24, 2.45) is 0 Å². The maximum atomic E-state index is 12.4. The van der Waals surface area contributed by atoms with Crippen LogP contribution in [0, 0.1) is 6.92 Å². The number of hydrogen-bond acceptors (Lipinski definition) is 4. The van der Waals surface area contributed by atoms with Crippen molar-refractivity contribution in [3.63, 3.8) is 0 Å². The lowest BCUT2D eigenvalue weighted by molar-refractivity contribution is -0.145. The van der Waals surface area contributed by atoms with E-state index in [2.05, 4.69) is 4.72 Å². The lowest BCUT2D eigenvalue weighted by atomic mass is 10.1. The van der Waals surface area contributed by atoms with Gasteiger partial charge in [0.2, 0.25) is 10.0 Å². The minimum Gasteiger partial charge on any atom is -0.452 e. The maximum absolute atomic E-state index is 12.4. The zero-order chi connectivity index (χ0) is 19.7. The Balaban J connectivity index is 1.49. The average molecular weight is 393 g/mol. The fourth-order valence-electron chi connectivity index (χ4n) is 3.36. The van der Waals surface area contributed by atoms with Crippen molar-refractivity contribution in [2.45, 2.75) is 17.9 Å². The number of ether oxygens (including phenoxy) is 1. The van der Waals surface area contributed by atoms with E-state index >= 15 is 0 Å². The monoisotopic (exact) mass is 393 g/mol. The Bertz CT molecular complexity index is 1090. The molecule has 1 aliphatic rings. The molecular formula is C22H19NO4S. The van der Waals surface area contributed by atoms with Crippen molar-refractivity contribution in [3.8, 4) is 11.1 Å². The van der Waals surface area contributed by atoms with E-state index in [0.29, 0.717) is 0 Å². The van der Waals surface area contributed by atoms with Crippen molar-refractivity contribution in [2.75, 3.05) is 6.54 Å². The molecular weight excluding hydrogens is 374 g/mol. The third-order valence-electron chi connectivity index (χ3n) is 4.76. The normalized spacial score (nSPS) is 13.0. The fourth-order valence-corrected chi connectivity index (χ4v) is 4.33. The van der Waals surface area contributed by atoms with E-state index in [4.69, 9.17) is 4.74 Å². The van der Waals surface area contributed by atoms with Gasteiger partial charge in [0.25, 0.3) is 0 Å². The number of benzene rings is 3. The van der Waals surface area contributed by atoms with E-state index in [1.807, 2.05) is 55.5 Å². The summed E-state index contributed by atoms with van der Waals surface area (Å²) in [6.07, 6.45) is -0.538. The molecule has 0 heterocycles. The Morgan fingerprint density at radius 2 is 1.43 bits per heavy atom. The first kappa shape index (κ1) is 18.4. The van der Waals surface area contributed by atoms with Crippen LogP contribution in [0.3, 0.4) is 0 Å². The summed E-state index contributed by atoms with van der Waals surface area (Å²) in [6, 6.07) is 21.9. The number of esters is 1. The summed E-state index contributed by atoms with van der Waals surface area (Å²) >= 11 is 0. The van der Waals surface area contributed by atoms with E-state index in [1.165, 1.54) is 12.1 Å². The van der Waals surface area contributed by atoms with Crippen LogP contribution in [0.15, 0.2) is 77.7 Å². The zero-order valence-electron chi connectivity index (χ0n) is 15.3. The standard InChI is InChI=1S/C22H19NO4S/c1-15-10-12-16(13-11-15)28(25,26)23-14-21(24)27-22-19-8-4-2-6-17(19)18-7-3-5-9-20(18)22/h2-13,22-23H,14H2,1H3. The molecule has 0 aliphatic heterocycles. The first-order valence-corrected chi connectivity index (χ1v) is 10.4. The number of fused-ring (bicyclic) bond motifs is 3. The molecule has 3 aromatic carbocycles. The van der Waals surface area contributed by atoms with Crippen LogP contribution in [0.1, 0.15) is 22.8 Å². The van der Waals surface area contributed by atoms with Crippen molar-refractivity contribution in [1.29, 1.82) is 0 Å². The molecule has 3 aromatic rings. The van der Waals surface area contributed by atoms with Gasteiger partial charge < -0.3 is 4.74 Å². The van der Waals surface area contributed by atoms with Crippen LogP contribution in [0.25, 0.3) is 11.1 Å². The van der Waals surface area contributed by atoms with E-state index in [-0.39, 0.29) is 4.90 Å². The Morgan fingerprint density at radius 3 is 2.00 bits per heavy atom. The van der Waals surface area contributed by atoms with Gasteiger partial charge in [-0.15, -0.1) is 0 Å². The van der Waals surface area contributed by atoms with Crippen molar-refractivity contribution in [1.82, 2.24) is 4.72 Å². The number of carbonyl (C=O) groups excluding carboxylic acids is 1. The predicted molar refractivity (Wildman–Crippen MR) is 106 cm³/mol. The van der Waals surface area contributed by atoms with Gasteiger partial charge >= 0.3 is 5.97 Å². The Kier molecular flexibility index (Phi) is 4.75. The smallest absolute Gasteiger partial charge is 0.321 e. The molecule has 1 N–H and O–H groups in total. The summed E-state index contributed by atoms with van der Waals surface area (Å²) in [5, 5.41) is 0. The summed E-state index contributed by atoms with van der Waals surface area (Å²) in [6.45, 7) is 1.44. The van der Waals surface area contributed by atoms with Crippen LogP contribution in [-0.4, -0.2) is 20.9 Å². The van der Waals surface area contributed by atoms with Crippen LogP contribution in [0.5, 0.6) is 0 Å². The summed E-state index contributed by atoms with van der Waals surface area (Å²) in [7, 11) is -3.78. The predicted octanol–water partition coefficient (Wildman–Crippen LogP) is 3.59. The molecule has 0 bridgehead atoms. The van der Waals surface area contributed by atoms with E-state index in [9.17, 15) is 13.2 Å². The molecule has 5 nitrogen and oxygen atoms in total. The molecule has 0 saturated heterocycles. The first-order valence-electron chi connectivity index (χ1n) is 8.90. The molecule has 0 atom stereocenters. The second-order valence-electron chi connectivity index (χ2n) is 6.68. The molecule has 0 spiro atoms. The molecule has 0 saturated carbocycles. The van der Waals surface area contributed by atoms with Gasteiger partial charge in [0.1, 0.15) is 6.54 Å². The van der Waals surface area contributed by atoms with Crippen LogP contribution in [0.2, 0.25) is 0 Å². The molecule has 142 valence electrons. The summed E-state index contributed by atoms with van der Waals surface area (Å²) < 4.78 is 32.7. The molecule has 0 amide bonds. The lowest BCUT2D eigenvalue weighted by Crippen LogP contribution is -2.31. The SMILES string of the molecule is Cc1ccc(S(=O)(=O)NCC(=O)OC2c3ccccc3-c3ccccc32)cc1. The quantitative estimate of drug-likeness (QED) is 0.673. The van der Waals surface area contributed by atoms with Crippen LogP contribution < -0.4 is 4.72 Å². The number of nitrogens with one attached hydrogen (secondary N) is 1. The third-order valence-corrected chi connectivity index (χ3v) is 6.18. The molecule has 0 radical (unpaired) electrons. The van der Waals surface area contributed by atoms with Gasteiger partial charge in [0.15, 0.2) is 6.10 Å². The number of rotatable bonds is 5. The second-order valence-corrected chi connectivity index (χ2v) is 8.45. The van der Waals surface area contributed by atoms with E-state index < -0.39 is 28.6 Å². The summed E-state index contributed by atoms with van der Waals surface area (Å²) in [5.74, 6) is -0.632. The Labute approximate surface area is 164 Å². The van der Waals surface area contributed by atoms with Gasteiger partial charge in [-0.05, 0) is 30.2 Å². The van der Waals surface area contributed by atoms with Gasteiger partial charge in [0.05, 0.1) is 4.90 Å². The highest BCUT2D eigenvalue weighted by molar-refractivity contribution is 7.89. The Morgan fingerprint density at radius 1 is 0.893 bits per heavy atom. The Hall–Kier alpha value is -2.96. The summed E-state index contributed by atoms with van der Waals surface area (Å²) in [5.41, 5.74) is 4.81. The minimum atomic E-state index is -3.78. The molecule has 28 heavy (non-hydrogen) atoms. The number of hydrogen-bond donors (Lipinski definition) is 1. The summed E-state index contributed by atoms with van der Waals surface area (Å²) in [4.78, 5) is 12.5. The number of sulfonamides is 1. The fraction of sp³-hybridized carbons (Fsp3) is 0.136. The largest absolute Gasteiger partial charge is 0.452 e. The number of carbonyl (C=O) groups is 1. The van der Waals surface area contributed by atoms with Gasteiger partial charge in [-0.1, -0.05) is 66.2 Å². The van der Waals surface area contributed by atoms with Gasteiger partial charge in [-0.2, -0.15) is 4.72 Å². The third kappa shape index (κ3) is 3.44. The topological polar surface area (TPSA) is 72.5 Å². The zero-order valence-corrected chi connectivity index (χ0v) is 16.1. The average Bonchev–Trinajstić information content (AvgIpc) is 3.01. The van der Waals surface area contributed by atoms with E-state index in [0.717, 1.165) is 27.8 Å². The van der Waals surface area contributed by atoms with Gasteiger partial charge in [-0.3, -0.25) is 4.79 Å². The van der Waals surface area contributed by atoms with Crippen molar-refractivity contribution >= 4 is 16.0 Å². The highest BCUT2D eigenvalue weighted by Crippen LogP contribution is 2.44. The molecule has 1 aliphatic carbocycles. The molecule has 0 unspecified atom stereocenters. The minimum absolute atomic E-state index is 0.113. The molecule has 6 heteroatoms. The first-order chi connectivity index (χ1) is 13.5. The van der Waals surface area contributed by atoms with Crippen molar-refractivity contribution < 1.29 is 17.9 Å². The highest BCUT2D eigenvalue weighted by atomic mass is 32.2. The van der Waals surface area contributed by atoms with Gasteiger partial charge in [0, 0.05) is 11.1 Å². The van der Waals surface area contributed by atoms with Crippen LogP contribution in [0.4, 0.5) is 0 Å².